The molecule has 0 aliphatic rings. The van der Waals surface area contributed by atoms with Crippen LogP contribution < -0.4 is 0 Å². The molecule has 0 aliphatic heterocycles. The second-order valence-corrected chi connectivity index (χ2v) is 3.93. The molecule has 0 bridgehead atoms. The van der Waals surface area contributed by atoms with Crippen LogP contribution in [0.25, 0.3) is 0 Å². The molecule has 2 rings (SSSR count). The first-order valence-corrected chi connectivity index (χ1v) is 5.11. The Bertz CT molecular complexity index is 501. The molecule has 6 heteroatoms. The molecule has 0 fully saturated rings. The molecule has 1 aromatic carbocycles. The van der Waals surface area contributed by atoms with Gasteiger partial charge in [-0.05, 0) is 29.7 Å². The Morgan fingerprint density at radius 2 is 2.27 bits per heavy atom. The van der Waals surface area contributed by atoms with Crippen molar-refractivity contribution in [3.8, 4) is 0 Å². The Balaban J connectivity index is 2.46. The van der Waals surface area contributed by atoms with E-state index in [-0.39, 0.29) is 16.4 Å². The van der Waals surface area contributed by atoms with E-state index in [1.54, 1.807) is 0 Å². The smallest absolute Gasteiger partial charge is 0.207 e. The number of carbonyl (C=O) groups is 1. The van der Waals surface area contributed by atoms with Crippen molar-refractivity contribution in [3.63, 3.8) is 0 Å². The molecule has 2 aromatic rings. The van der Waals surface area contributed by atoms with Crippen LogP contribution in [0, 0.1) is 5.82 Å². The lowest BCUT2D eigenvalue weighted by molar-refractivity contribution is 0.104. The van der Waals surface area contributed by atoms with Crippen molar-refractivity contribution >= 4 is 28.9 Å². The molecule has 15 heavy (non-hydrogen) atoms. The van der Waals surface area contributed by atoms with Crippen LogP contribution in [0.2, 0.25) is 5.02 Å². The Morgan fingerprint density at radius 3 is 2.93 bits per heavy atom. The van der Waals surface area contributed by atoms with E-state index in [0.29, 0.717) is 4.88 Å². The molecule has 0 spiro atoms. The molecular weight excluding hydrogens is 239 g/mol. The van der Waals surface area contributed by atoms with Crippen molar-refractivity contribution in [1.82, 2.24) is 9.59 Å². The highest BCUT2D eigenvalue weighted by molar-refractivity contribution is 7.08. The zero-order valence-corrected chi connectivity index (χ0v) is 8.85. The molecule has 3 nitrogen and oxygen atoms in total. The Kier molecular flexibility index (Phi) is 2.75. The predicted octanol–water partition coefficient (Wildman–Crippen LogP) is 2.56. The van der Waals surface area contributed by atoms with Crippen molar-refractivity contribution in [3.05, 3.63) is 45.7 Å². The monoisotopic (exact) mass is 242 g/mol. The lowest BCUT2D eigenvalue weighted by Crippen LogP contribution is -2.00. The third kappa shape index (κ3) is 2.03. The third-order valence-corrected chi connectivity index (χ3v) is 2.75. The summed E-state index contributed by atoms with van der Waals surface area (Å²) in [5, 5.41) is 3.75. The average molecular weight is 243 g/mol. The van der Waals surface area contributed by atoms with Gasteiger partial charge in [0, 0.05) is 5.56 Å². The Morgan fingerprint density at radius 1 is 1.47 bits per heavy atom. The van der Waals surface area contributed by atoms with Crippen LogP contribution in [-0.4, -0.2) is 15.4 Å². The van der Waals surface area contributed by atoms with E-state index < -0.39 is 5.82 Å². The van der Waals surface area contributed by atoms with Crippen molar-refractivity contribution in [2.75, 3.05) is 0 Å². The van der Waals surface area contributed by atoms with Gasteiger partial charge in [-0.15, -0.1) is 5.10 Å². The molecule has 1 aromatic heterocycles. The molecule has 0 saturated carbocycles. The molecule has 76 valence electrons. The number of carbonyl (C=O) groups excluding carboxylic acids is 1. The summed E-state index contributed by atoms with van der Waals surface area (Å²) in [5.41, 5.74) is 0.128. The summed E-state index contributed by atoms with van der Waals surface area (Å²) in [6.45, 7) is 0. The number of hydrogen-bond donors (Lipinski definition) is 0. The minimum absolute atomic E-state index is 0.128. The summed E-state index contributed by atoms with van der Waals surface area (Å²) in [4.78, 5) is 12.1. The molecule has 0 amide bonds. The maximum atomic E-state index is 12.9. The van der Waals surface area contributed by atoms with E-state index in [1.165, 1.54) is 18.3 Å². The van der Waals surface area contributed by atoms with Gasteiger partial charge in [0.1, 0.15) is 10.7 Å². The second-order valence-electron chi connectivity index (χ2n) is 2.74. The summed E-state index contributed by atoms with van der Waals surface area (Å²) >= 11 is 6.73. The normalized spacial score (nSPS) is 10.3. The fourth-order valence-electron chi connectivity index (χ4n) is 1.07. The number of ketones is 1. The largest absolute Gasteiger partial charge is 0.288 e. The minimum atomic E-state index is -0.500. The summed E-state index contributed by atoms with van der Waals surface area (Å²) < 4.78 is 16.5. The van der Waals surface area contributed by atoms with Gasteiger partial charge in [-0.25, -0.2) is 4.39 Å². The molecule has 0 saturated heterocycles. The van der Waals surface area contributed by atoms with E-state index in [9.17, 15) is 9.18 Å². The Labute approximate surface area is 93.7 Å². The van der Waals surface area contributed by atoms with E-state index in [0.717, 1.165) is 17.6 Å². The highest BCUT2D eigenvalue weighted by Gasteiger charge is 2.15. The molecule has 0 N–H and O–H groups in total. The summed E-state index contributed by atoms with van der Waals surface area (Å²) in [6, 6.07) is 3.65. The van der Waals surface area contributed by atoms with E-state index in [4.69, 9.17) is 11.6 Å². The van der Waals surface area contributed by atoms with Gasteiger partial charge in [-0.1, -0.05) is 16.1 Å². The van der Waals surface area contributed by atoms with E-state index >= 15 is 0 Å². The van der Waals surface area contributed by atoms with Gasteiger partial charge in [0.15, 0.2) is 0 Å². The first-order valence-electron chi connectivity index (χ1n) is 3.95. The fraction of sp³-hybridized carbons (Fsp3) is 0. The van der Waals surface area contributed by atoms with Gasteiger partial charge in [0.25, 0.3) is 0 Å². The summed E-state index contributed by atoms with van der Waals surface area (Å²) in [6.07, 6.45) is 1.33. The number of nitrogens with zero attached hydrogens (tertiary/aromatic N) is 2. The SMILES string of the molecule is O=C(c1cnns1)c1cc(F)ccc1Cl. The molecule has 0 aliphatic carbocycles. The molecular formula is C9H4ClFN2OS. The first kappa shape index (κ1) is 10.2. The molecule has 0 atom stereocenters. The number of halogens is 2. The number of rotatable bonds is 2. The van der Waals surface area contributed by atoms with Gasteiger partial charge >= 0.3 is 0 Å². The molecule has 1 heterocycles. The van der Waals surface area contributed by atoms with Crippen molar-refractivity contribution in [2.24, 2.45) is 0 Å². The van der Waals surface area contributed by atoms with Crippen molar-refractivity contribution in [1.29, 1.82) is 0 Å². The van der Waals surface area contributed by atoms with E-state index in [2.05, 4.69) is 9.59 Å². The van der Waals surface area contributed by atoms with Gasteiger partial charge in [0.05, 0.1) is 11.2 Å². The highest BCUT2D eigenvalue weighted by atomic mass is 35.5. The third-order valence-electron chi connectivity index (χ3n) is 1.76. The number of hydrogen-bond acceptors (Lipinski definition) is 4. The number of benzene rings is 1. The van der Waals surface area contributed by atoms with Crippen LogP contribution in [-0.2, 0) is 0 Å². The van der Waals surface area contributed by atoms with Crippen LogP contribution in [0.15, 0.2) is 24.4 Å². The first-order chi connectivity index (χ1) is 7.18. The van der Waals surface area contributed by atoms with Crippen LogP contribution >= 0.6 is 23.1 Å². The quantitative estimate of drug-likeness (QED) is 0.760. The fourth-order valence-corrected chi connectivity index (χ4v) is 1.74. The van der Waals surface area contributed by atoms with Crippen LogP contribution in [0.5, 0.6) is 0 Å². The van der Waals surface area contributed by atoms with Gasteiger partial charge in [0.2, 0.25) is 5.78 Å². The Hall–Kier alpha value is -1.33. The predicted molar refractivity (Wildman–Crippen MR) is 54.8 cm³/mol. The topological polar surface area (TPSA) is 42.9 Å². The zero-order chi connectivity index (χ0) is 10.8. The lowest BCUT2D eigenvalue weighted by Gasteiger charge is -2.00. The van der Waals surface area contributed by atoms with Crippen LogP contribution in [0.3, 0.4) is 0 Å². The van der Waals surface area contributed by atoms with Gasteiger partial charge < -0.3 is 0 Å². The highest BCUT2D eigenvalue weighted by Crippen LogP contribution is 2.21. The standard InChI is InChI=1S/C9H4ClFN2OS/c10-7-2-1-5(11)3-6(7)9(14)8-4-12-13-15-8/h1-4H. The minimum Gasteiger partial charge on any atom is -0.288 e. The lowest BCUT2D eigenvalue weighted by atomic mass is 10.1. The van der Waals surface area contributed by atoms with Crippen molar-refractivity contribution < 1.29 is 9.18 Å². The molecule has 0 unspecified atom stereocenters. The summed E-state index contributed by atoms with van der Waals surface area (Å²) in [7, 11) is 0. The maximum Gasteiger partial charge on any atom is 0.207 e. The van der Waals surface area contributed by atoms with Gasteiger partial charge in [-0.2, -0.15) is 0 Å². The average Bonchev–Trinajstić information content (AvgIpc) is 2.74. The summed E-state index contributed by atoms with van der Waals surface area (Å²) in [5.74, 6) is -0.866. The van der Waals surface area contributed by atoms with Gasteiger partial charge in [-0.3, -0.25) is 4.79 Å². The van der Waals surface area contributed by atoms with Crippen LogP contribution in [0.4, 0.5) is 4.39 Å². The number of aromatic nitrogens is 2. The van der Waals surface area contributed by atoms with Crippen LogP contribution in [0.1, 0.15) is 15.2 Å². The van der Waals surface area contributed by atoms with Crippen molar-refractivity contribution in [2.45, 2.75) is 0 Å². The molecule has 0 radical (unpaired) electrons. The second kappa shape index (κ2) is 4.04. The zero-order valence-electron chi connectivity index (χ0n) is 7.28. The van der Waals surface area contributed by atoms with E-state index in [1.807, 2.05) is 0 Å². The maximum absolute atomic E-state index is 12.9.